The van der Waals surface area contributed by atoms with E-state index in [9.17, 15) is 9.59 Å². The first kappa shape index (κ1) is 15.3. The van der Waals surface area contributed by atoms with E-state index in [1.807, 2.05) is 29.0 Å². The molecule has 0 aliphatic carbocycles. The maximum Gasteiger partial charge on any atom is 0.272 e. The van der Waals surface area contributed by atoms with E-state index in [1.54, 1.807) is 18.3 Å². The van der Waals surface area contributed by atoms with Gasteiger partial charge in [0.15, 0.2) is 0 Å². The van der Waals surface area contributed by atoms with Crippen LogP contribution in [0.4, 0.5) is 0 Å². The lowest BCUT2D eigenvalue weighted by Gasteiger charge is -2.24. The van der Waals surface area contributed by atoms with Crippen LogP contribution in [0, 0.1) is 0 Å². The SMILES string of the molecule is O=C(NC1CCc2nccn2C1)c1ccc(=O)n(-c2ccccc2)n1. The van der Waals surface area contributed by atoms with Gasteiger partial charge in [-0.3, -0.25) is 9.59 Å². The van der Waals surface area contributed by atoms with Crippen molar-refractivity contribution in [2.75, 3.05) is 0 Å². The minimum Gasteiger partial charge on any atom is -0.346 e. The van der Waals surface area contributed by atoms with Gasteiger partial charge in [0.25, 0.3) is 11.5 Å². The molecular weight excluding hydrogens is 318 g/mol. The zero-order chi connectivity index (χ0) is 17.2. The maximum atomic E-state index is 12.5. The second kappa shape index (κ2) is 6.35. The normalized spacial score (nSPS) is 16.2. The molecule has 4 rings (SSSR count). The van der Waals surface area contributed by atoms with Crippen molar-refractivity contribution in [1.29, 1.82) is 0 Å². The van der Waals surface area contributed by atoms with E-state index in [-0.39, 0.29) is 23.2 Å². The van der Waals surface area contributed by atoms with Crippen molar-refractivity contribution in [3.8, 4) is 5.69 Å². The number of fused-ring (bicyclic) bond motifs is 1. The molecule has 1 atom stereocenters. The first-order valence-electron chi connectivity index (χ1n) is 8.17. The molecular formula is C18H17N5O2. The minimum atomic E-state index is -0.279. The van der Waals surface area contributed by atoms with Gasteiger partial charge in [0.1, 0.15) is 11.5 Å². The summed E-state index contributed by atoms with van der Waals surface area (Å²) < 4.78 is 3.29. The lowest BCUT2D eigenvalue weighted by atomic mass is 10.1. The molecule has 0 saturated carbocycles. The van der Waals surface area contributed by atoms with Gasteiger partial charge >= 0.3 is 0 Å². The average Bonchev–Trinajstić information content (AvgIpc) is 3.10. The van der Waals surface area contributed by atoms with E-state index in [1.165, 1.54) is 16.8 Å². The monoisotopic (exact) mass is 335 g/mol. The number of amides is 1. The van der Waals surface area contributed by atoms with Crippen LogP contribution in [-0.2, 0) is 13.0 Å². The third-order valence-electron chi connectivity index (χ3n) is 4.30. The van der Waals surface area contributed by atoms with E-state index in [0.29, 0.717) is 12.2 Å². The zero-order valence-corrected chi connectivity index (χ0v) is 13.5. The second-order valence-corrected chi connectivity index (χ2v) is 6.01. The molecule has 7 nitrogen and oxygen atoms in total. The Balaban J connectivity index is 1.54. The fourth-order valence-electron chi connectivity index (χ4n) is 3.03. The van der Waals surface area contributed by atoms with Gasteiger partial charge in [-0.05, 0) is 24.6 Å². The third kappa shape index (κ3) is 3.08. The smallest absolute Gasteiger partial charge is 0.272 e. The molecule has 0 radical (unpaired) electrons. The van der Waals surface area contributed by atoms with Crippen LogP contribution in [0.25, 0.3) is 5.69 Å². The lowest BCUT2D eigenvalue weighted by molar-refractivity contribution is 0.0920. The molecule has 7 heteroatoms. The summed E-state index contributed by atoms with van der Waals surface area (Å²) in [5, 5.41) is 7.21. The Hall–Kier alpha value is -3.22. The number of hydrogen-bond donors (Lipinski definition) is 1. The maximum absolute atomic E-state index is 12.5. The first-order valence-corrected chi connectivity index (χ1v) is 8.17. The van der Waals surface area contributed by atoms with Crippen LogP contribution in [-0.4, -0.2) is 31.3 Å². The number of carbonyl (C=O) groups is 1. The van der Waals surface area contributed by atoms with Crippen molar-refractivity contribution in [2.24, 2.45) is 0 Å². The lowest BCUT2D eigenvalue weighted by Crippen LogP contribution is -2.41. The van der Waals surface area contributed by atoms with Gasteiger partial charge in [0, 0.05) is 37.5 Å². The Morgan fingerprint density at radius 2 is 2.00 bits per heavy atom. The molecule has 3 aromatic rings. The van der Waals surface area contributed by atoms with Crippen molar-refractivity contribution < 1.29 is 4.79 Å². The van der Waals surface area contributed by atoms with Crippen LogP contribution in [0.15, 0.2) is 59.7 Å². The summed E-state index contributed by atoms with van der Waals surface area (Å²) in [4.78, 5) is 28.9. The Bertz CT molecular complexity index is 961. The second-order valence-electron chi connectivity index (χ2n) is 6.01. The Kier molecular flexibility index (Phi) is 3.89. The van der Waals surface area contributed by atoms with Crippen LogP contribution >= 0.6 is 0 Å². The number of para-hydroxylation sites is 1. The van der Waals surface area contributed by atoms with Crippen LogP contribution in [0.3, 0.4) is 0 Å². The van der Waals surface area contributed by atoms with Gasteiger partial charge in [-0.1, -0.05) is 18.2 Å². The number of aromatic nitrogens is 4. The molecule has 0 bridgehead atoms. The van der Waals surface area contributed by atoms with Gasteiger partial charge in [-0.15, -0.1) is 0 Å². The predicted octanol–water partition coefficient (Wildman–Crippen LogP) is 1.17. The predicted molar refractivity (Wildman–Crippen MR) is 91.6 cm³/mol. The summed E-state index contributed by atoms with van der Waals surface area (Å²) in [7, 11) is 0. The Labute approximate surface area is 143 Å². The van der Waals surface area contributed by atoms with Gasteiger partial charge in [-0.25, -0.2) is 4.98 Å². The Morgan fingerprint density at radius 3 is 2.84 bits per heavy atom. The average molecular weight is 335 g/mol. The number of benzene rings is 1. The minimum absolute atomic E-state index is 0.0214. The molecule has 1 N–H and O–H groups in total. The highest BCUT2D eigenvalue weighted by Crippen LogP contribution is 2.13. The first-order chi connectivity index (χ1) is 12.2. The van der Waals surface area contributed by atoms with Gasteiger partial charge in [-0.2, -0.15) is 9.78 Å². The highest BCUT2D eigenvalue weighted by molar-refractivity contribution is 5.92. The Morgan fingerprint density at radius 1 is 1.16 bits per heavy atom. The quantitative estimate of drug-likeness (QED) is 0.779. The number of carbonyl (C=O) groups excluding carboxylic acids is 1. The van der Waals surface area contributed by atoms with Crippen LogP contribution < -0.4 is 10.9 Å². The molecule has 1 unspecified atom stereocenters. The molecule has 1 aliphatic rings. The van der Waals surface area contributed by atoms with Crippen LogP contribution in [0.2, 0.25) is 0 Å². The highest BCUT2D eigenvalue weighted by Gasteiger charge is 2.21. The van der Waals surface area contributed by atoms with E-state index in [0.717, 1.165) is 18.7 Å². The molecule has 1 aromatic carbocycles. The van der Waals surface area contributed by atoms with Crippen molar-refractivity contribution in [3.05, 3.63) is 76.7 Å². The van der Waals surface area contributed by atoms with Crippen molar-refractivity contribution in [3.63, 3.8) is 0 Å². The molecule has 0 spiro atoms. The van der Waals surface area contributed by atoms with Gasteiger partial charge < -0.3 is 9.88 Å². The fourth-order valence-corrected chi connectivity index (χ4v) is 3.03. The van der Waals surface area contributed by atoms with E-state index in [4.69, 9.17) is 0 Å². The molecule has 1 aliphatic heterocycles. The van der Waals surface area contributed by atoms with Crippen molar-refractivity contribution >= 4 is 5.91 Å². The van der Waals surface area contributed by atoms with Crippen LogP contribution in [0.5, 0.6) is 0 Å². The molecule has 0 saturated heterocycles. The van der Waals surface area contributed by atoms with Gasteiger partial charge in [0.2, 0.25) is 0 Å². The number of aryl methyl sites for hydroxylation is 1. The zero-order valence-electron chi connectivity index (χ0n) is 13.5. The number of hydrogen-bond acceptors (Lipinski definition) is 4. The van der Waals surface area contributed by atoms with Crippen molar-refractivity contribution in [1.82, 2.24) is 24.6 Å². The third-order valence-corrected chi connectivity index (χ3v) is 4.30. The largest absolute Gasteiger partial charge is 0.346 e. The summed E-state index contributed by atoms with van der Waals surface area (Å²) in [6.07, 6.45) is 5.36. The fraction of sp³-hybridized carbons (Fsp3) is 0.222. The van der Waals surface area contributed by atoms with Crippen LogP contribution in [0.1, 0.15) is 22.7 Å². The number of rotatable bonds is 3. The summed E-state index contributed by atoms with van der Waals surface area (Å²) in [6.45, 7) is 0.694. The summed E-state index contributed by atoms with van der Waals surface area (Å²) in [5.74, 6) is 0.763. The van der Waals surface area contributed by atoms with E-state index >= 15 is 0 Å². The number of imidazole rings is 1. The molecule has 126 valence electrons. The molecule has 0 fully saturated rings. The summed E-state index contributed by atoms with van der Waals surface area (Å²) in [5.41, 5.74) is 0.575. The van der Waals surface area contributed by atoms with Gasteiger partial charge in [0.05, 0.1) is 5.69 Å². The number of nitrogens with zero attached hydrogens (tertiary/aromatic N) is 4. The molecule has 3 heterocycles. The van der Waals surface area contributed by atoms with E-state index in [2.05, 4.69) is 15.4 Å². The summed E-state index contributed by atoms with van der Waals surface area (Å²) >= 11 is 0. The molecule has 1 amide bonds. The van der Waals surface area contributed by atoms with Crippen molar-refractivity contribution in [2.45, 2.75) is 25.4 Å². The summed E-state index contributed by atoms with van der Waals surface area (Å²) in [6, 6.07) is 11.9. The molecule has 2 aromatic heterocycles. The topological polar surface area (TPSA) is 81.8 Å². The molecule has 25 heavy (non-hydrogen) atoms. The highest BCUT2D eigenvalue weighted by atomic mass is 16.2. The standard InChI is InChI=1S/C18H17N5O2/c24-17-9-7-15(21-23(17)14-4-2-1-3-5-14)18(25)20-13-6-8-16-19-10-11-22(16)12-13/h1-5,7,9-11,13H,6,8,12H2,(H,20,25). The number of nitrogens with one attached hydrogen (secondary N) is 1. The van der Waals surface area contributed by atoms with E-state index < -0.39 is 0 Å².